The fourth-order valence-corrected chi connectivity index (χ4v) is 2.50. The molecule has 3 amide bonds. The molecule has 2 rings (SSSR count). The lowest BCUT2D eigenvalue weighted by Gasteiger charge is -2.26. The first kappa shape index (κ1) is 16.1. The number of hydrogen-bond acceptors (Lipinski definition) is 3. The highest BCUT2D eigenvalue weighted by Crippen LogP contribution is 2.16. The second-order valence-electron chi connectivity index (χ2n) is 5.29. The number of para-hydroxylation sites is 1. The van der Waals surface area contributed by atoms with Crippen LogP contribution < -0.4 is 15.4 Å². The number of urea groups is 1. The van der Waals surface area contributed by atoms with E-state index in [0.29, 0.717) is 6.54 Å². The van der Waals surface area contributed by atoms with Crippen molar-refractivity contribution in [1.82, 2.24) is 15.5 Å². The summed E-state index contributed by atoms with van der Waals surface area (Å²) in [5, 5.41) is 5.34. The van der Waals surface area contributed by atoms with Gasteiger partial charge in [-0.3, -0.25) is 4.79 Å². The summed E-state index contributed by atoms with van der Waals surface area (Å²) >= 11 is 0. The van der Waals surface area contributed by atoms with Crippen LogP contribution >= 0.6 is 0 Å². The minimum Gasteiger partial charge on any atom is -0.496 e. The molecule has 1 heterocycles. The molecule has 0 radical (unpaired) electrons. The van der Waals surface area contributed by atoms with Gasteiger partial charge >= 0.3 is 6.03 Å². The van der Waals surface area contributed by atoms with E-state index in [1.165, 1.54) is 6.42 Å². The zero-order valence-electron chi connectivity index (χ0n) is 12.9. The molecule has 1 aliphatic rings. The van der Waals surface area contributed by atoms with Gasteiger partial charge in [0.25, 0.3) is 0 Å². The first-order valence-corrected chi connectivity index (χ1v) is 7.62. The third-order valence-corrected chi connectivity index (χ3v) is 3.74. The summed E-state index contributed by atoms with van der Waals surface area (Å²) in [4.78, 5) is 25.5. The number of carbonyl (C=O) groups excluding carboxylic acids is 2. The van der Waals surface area contributed by atoms with Crippen molar-refractivity contribution in [1.29, 1.82) is 0 Å². The molecule has 6 nitrogen and oxygen atoms in total. The van der Waals surface area contributed by atoms with E-state index < -0.39 is 0 Å². The summed E-state index contributed by atoms with van der Waals surface area (Å²) in [6.07, 6.45) is 3.27. The summed E-state index contributed by atoms with van der Waals surface area (Å²) in [5.41, 5.74) is 0.891. The third kappa shape index (κ3) is 4.65. The number of ether oxygens (including phenoxy) is 1. The Morgan fingerprint density at radius 1 is 1.14 bits per heavy atom. The lowest BCUT2D eigenvalue weighted by molar-refractivity contribution is -0.130. The fourth-order valence-electron chi connectivity index (χ4n) is 2.50. The zero-order valence-corrected chi connectivity index (χ0v) is 12.9. The molecule has 0 saturated carbocycles. The number of nitrogens with zero attached hydrogens (tertiary/aromatic N) is 1. The maximum absolute atomic E-state index is 11.9. The average Bonchev–Trinajstić information content (AvgIpc) is 2.58. The molecule has 0 aliphatic carbocycles. The summed E-state index contributed by atoms with van der Waals surface area (Å²) < 4.78 is 5.22. The van der Waals surface area contributed by atoms with Crippen molar-refractivity contribution in [2.24, 2.45) is 0 Å². The number of benzene rings is 1. The topological polar surface area (TPSA) is 70.7 Å². The largest absolute Gasteiger partial charge is 0.496 e. The monoisotopic (exact) mass is 305 g/mol. The van der Waals surface area contributed by atoms with Crippen molar-refractivity contribution in [3.63, 3.8) is 0 Å². The first-order valence-electron chi connectivity index (χ1n) is 7.62. The van der Waals surface area contributed by atoms with Crippen molar-refractivity contribution < 1.29 is 14.3 Å². The Hall–Kier alpha value is -2.24. The number of methoxy groups -OCH3 is 1. The second-order valence-corrected chi connectivity index (χ2v) is 5.29. The van der Waals surface area contributed by atoms with Crippen LogP contribution in [0.5, 0.6) is 5.75 Å². The standard InChI is InChI=1S/C16H23N3O3/c1-22-14-8-4-3-7-13(14)11-17-16(21)18-12-15(20)19-9-5-2-6-10-19/h3-4,7-8H,2,5-6,9-12H2,1H3,(H2,17,18,21). The van der Waals surface area contributed by atoms with Gasteiger partial charge in [0.15, 0.2) is 0 Å². The summed E-state index contributed by atoms with van der Waals surface area (Å²) in [6, 6.07) is 7.14. The Balaban J connectivity index is 1.72. The van der Waals surface area contributed by atoms with Crippen LogP contribution in [0.15, 0.2) is 24.3 Å². The molecule has 0 bridgehead atoms. The third-order valence-electron chi connectivity index (χ3n) is 3.74. The van der Waals surface area contributed by atoms with Crippen LogP contribution in [0.2, 0.25) is 0 Å². The van der Waals surface area contributed by atoms with Gasteiger partial charge in [-0.15, -0.1) is 0 Å². The van der Waals surface area contributed by atoms with E-state index in [4.69, 9.17) is 4.74 Å². The van der Waals surface area contributed by atoms with Crippen LogP contribution in [0.4, 0.5) is 4.79 Å². The van der Waals surface area contributed by atoms with Gasteiger partial charge in [-0.2, -0.15) is 0 Å². The molecule has 1 aromatic carbocycles. The molecule has 1 saturated heterocycles. The van der Waals surface area contributed by atoms with Gasteiger partial charge in [0.1, 0.15) is 5.75 Å². The molecule has 120 valence electrons. The van der Waals surface area contributed by atoms with E-state index in [1.54, 1.807) is 7.11 Å². The Kier molecular flexibility index (Phi) is 6.06. The van der Waals surface area contributed by atoms with Crippen molar-refractivity contribution in [2.45, 2.75) is 25.8 Å². The van der Waals surface area contributed by atoms with E-state index in [-0.39, 0.29) is 18.5 Å². The highest BCUT2D eigenvalue weighted by Gasteiger charge is 2.16. The Labute approximate surface area is 130 Å². The van der Waals surface area contributed by atoms with Crippen LogP contribution in [-0.4, -0.2) is 43.6 Å². The molecule has 1 aromatic rings. The van der Waals surface area contributed by atoms with E-state index in [2.05, 4.69) is 10.6 Å². The van der Waals surface area contributed by atoms with Crippen LogP contribution in [0.1, 0.15) is 24.8 Å². The van der Waals surface area contributed by atoms with Crippen LogP contribution in [0.25, 0.3) is 0 Å². The highest BCUT2D eigenvalue weighted by atomic mass is 16.5. The lowest BCUT2D eigenvalue weighted by Crippen LogP contribution is -2.45. The molecule has 6 heteroatoms. The number of rotatable bonds is 5. The number of hydrogen-bond donors (Lipinski definition) is 2. The lowest BCUT2D eigenvalue weighted by atomic mass is 10.1. The molecule has 22 heavy (non-hydrogen) atoms. The van der Waals surface area contributed by atoms with Crippen molar-refractivity contribution in [3.05, 3.63) is 29.8 Å². The number of amides is 3. The van der Waals surface area contributed by atoms with E-state index in [9.17, 15) is 9.59 Å². The normalized spacial score (nSPS) is 14.3. The summed E-state index contributed by atoms with van der Waals surface area (Å²) in [6.45, 7) is 1.98. The maximum atomic E-state index is 11.9. The van der Waals surface area contributed by atoms with Crippen LogP contribution in [0.3, 0.4) is 0 Å². The number of nitrogens with one attached hydrogen (secondary N) is 2. The SMILES string of the molecule is COc1ccccc1CNC(=O)NCC(=O)N1CCCCC1. The maximum Gasteiger partial charge on any atom is 0.315 e. The van der Waals surface area contributed by atoms with Gasteiger partial charge in [-0.05, 0) is 25.3 Å². The predicted molar refractivity (Wildman–Crippen MR) is 83.7 cm³/mol. The van der Waals surface area contributed by atoms with Gasteiger partial charge in [0.2, 0.25) is 5.91 Å². The molecule has 0 atom stereocenters. The van der Waals surface area contributed by atoms with Crippen molar-refractivity contribution >= 4 is 11.9 Å². The number of piperidine rings is 1. The van der Waals surface area contributed by atoms with E-state index in [0.717, 1.165) is 37.2 Å². The van der Waals surface area contributed by atoms with Gasteiger partial charge in [0.05, 0.1) is 13.7 Å². The van der Waals surface area contributed by atoms with Gasteiger partial charge < -0.3 is 20.3 Å². The van der Waals surface area contributed by atoms with Crippen molar-refractivity contribution in [2.75, 3.05) is 26.7 Å². The number of likely N-dealkylation sites (tertiary alicyclic amines) is 1. The minimum absolute atomic E-state index is 0.0212. The molecule has 0 spiro atoms. The van der Waals surface area contributed by atoms with E-state index in [1.807, 2.05) is 29.2 Å². The van der Waals surface area contributed by atoms with Crippen LogP contribution in [0, 0.1) is 0 Å². The summed E-state index contributed by atoms with van der Waals surface area (Å²) in [5.74, 6) is 0.708. The van der Waals surface area contributed by atoms with Gasteiger partial charge in [0, 0.05) is 25.2 Å². The van der Waals surface area contributed by atoms with Crippen molar-refractivity contribution in [3.8, 4) is 5.75 Å². The Bertz CT molecular complexity index is 513. The fraction of sp³-hybridized carbons (Fsp3) is 0.500. The molecule has 0 unspecified atom stereocenters. The molecular formula is C16H23N3O3. The molecule has 1 aliphatic heterocycles. The average molecular weight is 305 g/mol. The second kappa shape index (κ2) is 8.26. The number of carbonyl (C=O) groups is 2. The molecular weight excluding hydrogens is 282 g/mol. The smallest absolute Gasteiger partial charge is 0.315 e. The van der Waals surface area contributed by atoms with Gasteiger partial charge in [-0.25, -0.2) is 4.79 Å². The zero-order chi connectivity index (χ0) is 15.8. The Morgan fingerprint density at radius 3 is 2.59 bits per heavy atom. The molecule has 1 fully saturated rings. The highest BCUT2D eigenvalue weighted by molar-refractivity contribution is 5.84. The first-order chi connectivity index (χ1) is 10.7. The molecule has 0 aromatic heterocycles. The van der Waals surface area contributed by atoms with Gasteiger partial charge in [-0.1, -0.05) is 18.2 Å². The van der Waals surface area contributed by atoms with Crippen LogP contribution in [-0.2, 0) is 11.3 Å². The summed E-state index contributed by atoms with van der Waals surface area (Å²) in [7, 11) is 1.59. The minimum atomic E-state index is -0.351. The molecule has 2 N–H and O–H groups in total. The predicted octanol–water partition coefficient (Wildman–Crippen LogP) is 1.51. The Morgan fingerprint density at radius 2 is 1.86 bits per heavy atom. The quantitative estimate of drug-likeness (QED) is 0.866. The van der Waals surface area contributed by atoms with E-state index >= 15 is 0 Å².